The SMILES string of the molecule is CC(=O)N[C@@]1(C)C[C@@H](c2cccc(Cl)c2)O[C@@H](c2ccc(F)cc2Cl)C1. The van der Waals surface area contributed by atoms with E-state index >= 15 is 0 Å². The zero-order valence-corrected chi connectivity index (χ0v) is 16.1. The molecule has 0 aliphatic carbocycles. The minimum atomic E-state index is -0.487. The van der Waals surface area contributed by atoms with Gasteiger partial charge in [0.1, 0.15) is 5.82 Å². The van der Waals surface area contributed by atoms with Gasteiger partial charge in [0.25, 0.3) is 0 Å². The molecule has 3 nitrogen and oxygen atoms in total. The molecule has 1 heterocycles. The molecule has 1 N–H and O–H groups in total. The molecule has 1 saturated heterocycles. The fraction of sp³-hybridized carbons (Fsp3) is 0.350. The lowest BCUT2D eigenvalue weighted by Gasteiger charge is -2.43. The third-order valence-corrected chi connectivity index (χ3v) is 5.17. The summed E-state index contributed by atoms with van der Waals surface area (Å²) in [5, 5.41) is 3.97. The van der Waals surface area contributed by atoms with E-state index in [1.165, 1.54) is 19.1 Å². The minimum absolute atomic E-state index is 0.108. The predicted octanol–water partition coefficient (Wildman–Crippen LogP) is 5.62. The van der Waals surface area contributed by atoms with Crippen LogP contribution in [-0.4, -0.2) is 11.4 Å². The van der Waals surface area contributed by atoms with Crippen molar-refractivity contribution < 1.29 is 13.9 Å². The lowest BCUT2D eigenvalue weighted by atomic mass is 9.81. The van der Waals surface area contributed by atoms with E-state index < -0.39 is 11.4 Å². The van der Waals surface area contributed by atoms with Crippen LogP contribution < -0.4 is 5.32 Å². The largest absolute Gasteiger partial charge is 0.365 e. The lowest BCUT2D eigenvalue weighted by Crippen LogP contribution is -2.50. The summed E-state index contributed by atoms with van der Waals surface area (Å²) in [4.78, 5) is 11.7. The van der Waals surface area contributed by atoms with Gasteiger partial charge in [-0.15, -0.1) is 0 Å². The van der Waals surface area contributed by atoms with E-state index in [4.69, 9.17) is 27.9 Å². The fourth-order valence-corrected chi connectivity index (χ4v) is 4.06. The Morgan fingerprint density at radius 3 is 2.58 bits per heavy atom. The first-order chi connectivity index (χ1) is 12.3. The monoisotopic (exact) mass is 395 g/mol. The standard InChI is InChI=1S/C20H20Cl2FNO2/c1-12(25)24-20(2)10-18(13-4-3-5-14(21)8-13)26-19(11-20)16-7-6-15(23)9-17(16)22/h3-9,18-19H,10-11H2,1-2H3,(H,24,25)/t18-,19+,20-/m0/s1. The summed E-state index contributed by atoms with van der Waals surface area (Å²) in [5.41, 5.74) is 1.15. The van der Waals surface area contributed by atoms with Gasteiger partial charge in [0.05, 0.1) is 12.2 Å². The van der Waals surface area contributed by atoms with Crippen molar-refractivity contribution in [2.75, 3.05) is 0 Å². The zero-order valence-electron chi connectivity index (χ0n) is 14.6. The average Bonchev–Trinajstić information content (AvgIpc) is 2.53. The molecular formula is C20H20Cl2FNO2. The van der Waals surface area contributed by atoms with E-state index in [1.54, 1.807) is 12.1 Å². The molecule has 1 amide bonds. The van der Waals surface area contributed by atoms with Crippen LogP contribution in [0.3, 0.4) is 0 Å². The molecule has 3 atom stereocenters. The average molecular weight is 396 g/mol. The molecule has 0 unspecified atom stereocenters. The molecule has 138 valence electrons. The van der Waals surface area contributed by atoms with Crippen LogP contribution in [0.5, 0.6) is 0 Å². The Labute approximate surface area is 162 Å². The fourth-order valence-electron chi connectivity index (χ4n) is 3.57. The number of benzene rings is 2. The molecule has 0 saturated carbocycles. The highest BCUT2D eigenvalue weighted by Gasteiger charge is 2.40. The Bertz CT molecular complexity index is 829. The van der Waals surface area contributed by atoms with E-state index in [0.717, 1.165) is 5.56 Å². The van der Waals surface area contributed by atoms with Gasteiger partial charge in [0.2, 0.25) is 5.91 Å². The van der Waals surface area contributed by atoms with Crippen molar-refractivity contribution in [1.82, 2.24) is 5.32 Å². The Morgan fingerprint density at radius 2 is 1.92 bits per heavy atom. The summed E-state index contributed by atoms with van der Waals surface area (Å²) < 4.78 is 19.7. The van der Waals surface area contributed by atoms with Gasteiger partial charge >= 0.3 is 0 Å². The Hall–Kier alpha value is -1.62. The third-order valence-electron chi connectivity index (χ3n) is 4.61. The molecule has 1 aliphatic rings. The number of hydrogen-bond donors (Lipinski definition) is 1. The van der Waals surface area contributed by atoms with Gasteiger partial charge in [-0.3, -0.25) is 4.79 Å². The van der Waals surface area contributed by atoms with E-state index in [9.17, 15) is 9.18 Å². The summed E-state index contributed by atoms with van der Waals surface area (Å²) in [6, 6.07) is 11.7. The van der Waals surface area contributed by atoms with Gasteiger partial charge in [0, 0.05) is 35.3 Å². The number of ether oxygens (including phenoxy) is 1. The molecule has 1 aliphatic heterocycles. The maximum absolute atomic E-state index is 13.4. The Balaban J connectivity index is 1.97. The Kier molecular flexibility index (Phi) is 5.56. The van der Waals surface area contributed by atoms with Crippen molar-refractivity contribution in [1.29, 1.82) is 0 Å². The van der Waals surface area contributed by atoms with E-state index in [0.29, 0.717) is 28.5 Å². The van der Waals surface area contributed by atoms with Crippen molar-refractivity contribution in [2.45, 2.75) is 44.4 Å². The molecule has 0 radical (unpaired) electrons. The van der Waals surface area contributed by atoms with E-state index in [2.05, 4.69) is 5.32 Å². The number of hydrogen-bond acceptors (Lipinski definition) is 2. The molecule has 2 aromatic carbocycles. The number of amides is 1. The minimum Gasteiger partial charge on any atom is -0.365 e. The zero-order chi connectivity index (χ0) is 18.9. The van der Waals surface area contributed by atoms with Crippen LogP contribution in [0.25, 0.3) is 0 Å². The number of halogens is 3. The first kappa shape index (κ1) is 19.2. The molecule has 1 fully saturated rings. The first-order valence-corrected chi connectivity index (χ1v) is 9.16. The highest BCUT2D eigenvalue weighted by molar-refractivity contribution is 6.31. The highest BCUT2D eigenvalue weighted by atomic mass is 35.5. The molecular weight excluding hydrogens is 376 g/mol. The normalized spacial score (nSPS) is 25.7. The predicted molar refractivity (Wildman–Crippen MR) is 101 cm³/mol. The molecule has 0 spiro atoms. The van der Waals surface area contributed by atoms with Crippen LogP contribution in [0, 0.1) is 5.82 Å². The quantitative estimate of drug-likeness (QED) is 0.731. The van der Waals surface area contributed by atoms with Gasteiger partial charge in [-0.05, 0) is 42.3 Å². The van der Waals surface area contributed by atoms with E-state index in [1.807, 2.05) is 25.1 Å². The summed E-state index contributed by atoms with van der Waals surface area (Å²) >= 11 is 12.4. The second-order valence-corrected chi connectivity index (χ2v) is 7.83. The molecule has 2 aromatic rings. The molecule has 0 aromatic heterocycles. The maximum Gasteiger partial charge on any atom is 0.217 e. The van der Waals surface area contributed by atoms with Gasteiger partial charge in [0.15, 0.2) is 0 Å². The lowest BCUT2D eigenvalue weighted by molar-refractivity contribution is -0.126. The number of carbonyl (C=O) groups excluding carboxylic acids is 1. The maximum atomic E-state index is 13.4. The molecule has 6 heteroatoms. The van der Waals surface area contributed by atoms with Crippen molar-refractivity contribution in [3.05, 3.63) is 69.5 Å². The summed E-state index contributed by atoms with van der Waals surface area (Å²) in [5.74, 6) is -0.506. The van der Waals surface area contributed by atoms with Crippen LogP contribution in [0.4, 0.5) is 4.39 Å². The van der Waals surface area contributed by atoms with Gasteiger partial charge in [-0.25, -0.2) is 4.39 Å². The van der Waals surface area contributed by atoms with Crippen LogP contribution in [0.2, 0.25) is 10.0 Å². The van der Waals surface area contributed by atoms with Gasteiger partial charge < -0.3 is 10.1 Å². The number of nitrogens with one attached hydrogen (secondary N) is 1. The van der Waals surface area contributed by atoms with Crippen molar-refractivity contribution >= 4 is 29.1 Å². The van der Waals surface area contributed by atoms with Gasteiger partial charge in [-0.2, -0.15) is 0 Å². The molecule has 26 heavy (non-hydrogen) atoms. The van der Waals surface area contributed by atoms with Crippen molar-refractivity contribution in [3.63, 3.8) is 0 Å². The van der Waals surface area contributed by atoms with Crippen LogP contribution in [0.15, 0.2) is 42.5 Å². The van der Waals surface area contributed by atoms with Crippen LogP contribution >= 0.6 is 23.2 Å². The van der Waals surface area contributed by atoms with Gasteiger partial charge in [-0.1, -0.05) is 41.4 Å². The van der Waals surface area contributed by atoms with Crippen molar-refractivity contribution in [2.24, 2.45) is 0 Å². The summed E-state index contributed by atoms with van der Waals surface area (Å²) in [6.07, 6.45) is 0.486. The number of carbonyl (C=O) groups is 1. The second-order valence-electron chi connectivity index (χ2n) is 6.98. The molecule has 0 bridgehead atoms. The van der Waals surface area contributed by atoms with Crippen LogP contribution in [-0.2, 0) is 9.53 Å². The summed E-state index contributed by atoms with van der Waals surface area (Å²) in [6.45, 7) is 3.48. The van der Waals surface area contributed by atoms with Crippen LogP contribution in [0.1, 0.15) is 50.0 Å². The van der Waals surface area contributed by atoms with Crippen molar-refractivity contribution in [3.8, 4) is 0 Å². The summed E-state index contributed by atoms with van der Waals surface area (Å²) in [7, 11) is 0. The second kappa shape index (κ2) is 7.55. The topological polar surface area (TPSA) is 38.3 Å². The Morgan fingerprint density at radius 1 is 1.19 bits per heavy atom. The molecule has 3 rings (SSSR count). The highest BCUT2D eigenvalue weighted by Crippen LogP contribution is 2.45. The third kappa shape index (κ3) is 4.37. The number of rotatable bonds is 3. The smallest absolute Gasteiger partial charge is 0.217 e. The first-order valence-electron chi connectivity index (χ1n) is 8.40. The van der Waals surface area contributed by atoms with E-state index in [-0.39, 0.29) is 18.1 Å².